The minimum Gasteiger partial charge on any atom is -0.399 e. The quantitative estimate of drug-likeness (QED) is 0.730. The number of hydrogen-bond donors (Lipinski definition) is 2. The molecule has 3 heteroatoms. The molecular weight excluding hydrogens is 188 g/mol. The van der Waals surface area contributed by atoms with Crippen LogP contribution in [0.1, 0.15) is 19.8 Å². The summed E-state index contributed by atoms with van der Waals surface area (Å²) in [5.41, 5.74) is 7.61. The normalized spacial score (nSPS) is 26.2. The van der Waals surface area contributed by atoms with Crippen LogP contribution >= 0.6 is 0 Å². The van der Waals surface area contributed by atoms with Crippen LogP contribution in [0.2, 0.25) is 0 Å². The minimum atomic E-state index is 0.0639. The highest BCUT2D eigenvalue weighted by Crippen LogP contribution is 2.24. The fourth-order valence-corrected chi connectivity index (χ4v) is 1.95. The van der Waals surface area contributed by atoms with Gasteiger partial charge in [0.15, 0.2) is 0 Å². The molecule has 1 aromatic carbocycles. The van der Waals surface area contributed by atoms with Crippen LogP contribution in [0.25, 0.3) is 0 Å². The van der Waals surface area contributed by atoms with E-state index >= 15 is 0 Å². The molecule has 1 unspecified atom stereocenters. The third-order valence-electron chi connectivity index (χ3n) is 2.79. The summed E-state index contributed by atoms with van der Waals surface area (Å²) in [5.74, 6) is 0. The van der Waals surface area contributed by atoms with E-state index in [1.807, 2.05) is 24.3 Å². The van der Waals surface area contributed by atoms with E-state index in [1.165, 1.54) is 0 Å². The van der Waals surface area contributed by atoms with Crippen LogP contribution < -0.4 is 11.1 Å². The predicted molar refractivity (Wildman–Crippen MR) is 62.9 cm³/mol. The summed E-state index contributed by atoms with van der Waals surface area (Å²) < 4.78 is 5.49. The summed E-state index contributed by atoms with van der Waals surface area (Å²) in [6.07, 6.45) is 2.27. The fraction of sp³-hybridized carbons (Fsp3) is 0.500. The van der Waals surface area contributed by atoms with Crippen LogP contribution in [0.4, 0.5) is 11.4 Å². The summed E-state index contributed by atoms with van der Waals surface area (Å²) in [6.45, 7) is 3.86. The molecule has 2 rings (SSSR count). The summed E-state index contributed by atoms with van der Waals surface area (Å²) in [5, 5.41) is 3.50. The van der Waals surface area contributed by atoms with E-state index in [0.29, 0.717) is 0 Å². The minimum absolute atomic E-state index is 0.0639. The molecule has 1 saturated heterocycles. The third kappa shape index (κ3) is 2.63. The molecule has 1 heterocycles. The molecule has 1 aliphatic rings. The Morgan fingerprint density at radius 3 is 2.67 bits per heavy atom. The van der Waals surface area contributed by atoms with Crippen molar-refractivity contribution in [1.29, 1.82) is 0 Å². The van der Waals surface area contributed by atoms with Crippen LogP contribution in [0.5, 0.6) is 0 Å². The van der Waals surface area contributed by atoms with E-state index in [0.717, 1.165) is 37.4 Å². The highest BCUT2D eigenvalue weighted by Gasteiger charge is 2.26. The molecule has 0 saturated carbocycles. The van der Waals surface area contributed by atoms with Gasteiger partial charge in [-0.1, -0.05) is 0 Å². The Bertz CT molecular complexity index is 315. The molecule has 1 atom stereocenters. The van der Waals surface area contributed by atoms with Gasteiger partial charge in [0.05, 0.1) is 12.1 Å². The van der Waals surface area contributed by atoms with Crippen LogP contribution in [0.3, 0.4) is 0 Å². The van der Waals surface area contributed by atoms with Crippen molar-refractivity contribution in [2.75, 3.05) is 24.3 Å². The SMILES string of the molecule is CC1(Nc2ccc(N)cc2)CCCOC1. The van der Waals surface area contributed by atoms with Gasteiger partial charge >= 0.3 is 0 Å². The van der Waals surface area contributed by atoms with Gasteiger partial charge in [-0.15, -0.1) is 0 Å². The van der Waals surface area contributed by atoms with E-state index < -0.39 is 0 Å². The second-order valence-corrected chi connectivity index (χ2v) is 4.46. The average molecular weight is 206 g/mol. The first-order chi connectivity index (χ1) is 7.18. The Labute approximate surface area is 90.6 Å². The fourth-order valence-electron chi connectivity index (χ4n) is 1.95. The highest BCUT2D eigenvalue weighted by molar-refractivity contribution is 5.52. The third-order valence-corrected chi connectivity index (χ3v) is 2.79. The number of anilines is 2. The zero-order valence-electron chi connectivity index (χ0n) is 9.12. The molecule has 82 valence electrons. The molecule has 1 fully saturated rings. The number of nitrogen functional groups attached to an aromatic ring is 1. The van der Waals surface area contributed by atoms with E-state index in [4.69, 9.17) is 10.5 Å². The lowest BCUT2D eigenvalue weighted by Crippen LogP contribution is -2.42. The molecule has 1 aliphatic heterocycles. The molecule has 0 aliphatic carbocycles. The number of rotatable bonds is 2. The van der Waals surface area contributed by atoms with Crippen molar-refractivity contribution >= 4 is 11.4 Å². The first-order valence-corrected chi connectivity index (χ1v) is 5.39. The molecule has 0 amide bonds. The highest BCUT2D eigenvalue weighted by atomic mass is 16.5. The van der Waals surface area contributed by atoms with Crippen molar-refractivity contribution in [3.05, 3.63) is 24.3 Å². The van der Waals surface area contributed by atoms with Gasteiger partial charge in [-0.05, 0) is 44.0 Å². The van der Waals surface area contributed by atoms with Gasteiger partial charge in [0.2, 0.25) is 0 Å². The molecule has 0 radical (unpaired) electrons. The van der Waals surface area contributed by atoms with E-state index in [9.17, 15) is 0 Å². The van der Waals surface area contributed by atoms with E-state index in [1.54, 1.807) is 0 Å². The Hall–Kier alpha value is -1.22. The molecule has 15 heavy (non-hydrogen) atoms. The van der Waals surface area contributed by atoms with E-state index in [-0.39, 0.29) is 5.54 Å². The van der Waals surface area contributed by atoms with Gasteiger partial charge < -0.3 is 15.8 Å². The molecule has 0 bridgehead atoms. The summed E-state index contributed by atoms with van der Waals surface area (Å²) in [7, 11) is 0. The topological polar surface area (TPSA) is 47.3 Å². The first kappa shape index (κ1) is 10.3. The van der Waals surface area contributed by atoms with Crippen LogP contribution in [0.15, 0.2) is 24.3 Å². The molecule has 0 spiro atoms. The van der Waals surface area contributed by atoms with Gasteiger partial charge in [0.25, 0.3) is 0 Å². The van der Waals surface area contributed by atoms with Gasteiger partial charge in [-0.3, -0.25) is 0 Å². The molecule has 3 nitrogen and oxygen atoms in total. The Kier molecular flexibility index (Phi) is 2.82. The van der Waals surface area contributed by atoms with Crippen molar-refractivity contribution in [3.63, 3.8) is 0 Å². The smallest absolute Gasteiger partial charge is 0.0693 e. The number of nitrogens with two attached hydrogens (primary N) is 1. The molecule has 1 aromatic rings. The van der Waals surface area contributed by atoms with Crippen molar-refractivity contribution in [1.82, 2.24) is 0 Å². The lowest BCUT2D eigenvalue weighted by Gasteiger charge is -2.35. The van der Waals surface area contributed by atoms with Gasteiger partial charge in [-0.25, -0.2) is 0 Å². The molecule has 3 N–H and O–H groups in total. The summed E-state index contributed by atoms with van der Waals surface area (Å²) in [6, 6.07) is 7.84. The van der Waals surface area contributed by atoms with E-state index in [2.05, 4.69) is 12.2 Å². The summed E-state index contributed by atoms with van der Waals surface area (Å²) in [4.78, 5) is 0. The predicted octanol–water partition coefficient (Wildman–Crippen LogP) is 2.25. The van der Waals surface area contributed by atoms with Gasteiger partial charge in [0.1, 0.15) is 0 Å². The lowest BCUT2D eigenvalue weighted by atomic mass is 9.94. The van der Waals surface area contributed by atoms with Crippen LogP contribution in [-0.4, -0.2) is 18.8 Å². The largest absolute Gasteiger partial charge is 0.399 e. The Morgan fingerprint density at radius 2 is 2.07 bits per heavy atom. The maximum Gasteiger partial charge on any atom is 0.0693 e. The van der Waals surface area contributed by atoms with Crippen LogP contribution in [0, 0.1) is 0 Å². The van der Waals surface area contributed by atoms with Crippen molar-refractivity contribution in [3.8, 4) is 0 Å². The van der Waals surface area contributed by atoms with Gasteiger partial charge in [0, 0.05) is 18.0 Å². The number of ether oxygens (including phenoxy) is 1. The zero-order valence-corrected chi connectivity index (χ0v) is 9.12. The van der Waals surface area contributed by atoms with Gasteiger partial charge in [-0.2, -0.15) is 0 Å². The van der Waals surface area contributed by atoms with Crippen molar-refractivity contribution in [2.24, 2.45) is 0 Å². The second kappa shape index (κ2) is 4.11. The monoisotopic (exact) mass is 206 g/mol. The first-order valence-electron chi connectivity index (χ1n) is 5.39. The zero-order chi connectivity index (χ0) is 10.7. The number of hydrogen-bond acceptors (Lipinski definition) is 3. The molecule has 0 aromatic heterocycles. The maximum atomic E-state index is 5.64. The molecular formula is C12H18N2O. The number of benzene rings is 1. The average Bonchev–Trinajstić information content (AvgIpc) is 2.22. The van der Waals surface area contributed by atoms with Crippen molar-refractivity contribution < 1.29 is 4.74 Å². The maximum absolute atomic E-state index is 5.64. The Morgan fingerprint density at radius 1 is 1.33 bits per heavy atom. The second-order valence-electron chi connectivity index (χ2n) is 4.46. The Balaban J connectivity index is 2.03. The standard InChI is InChI=1S/C12H18N2O/c1-12(7-2-8-15-9-12)14-11-5-3-10(13)4-6-11/h3-6,14H,2,7-9,13H2,1H3. The summed E-state index contributed by atoms with van der Waals surface area (Å²) >= 11 is 0. The van der Waals surface area contributed by atoms with Crippen LogP contribution in [-0.2, 0) is 4.74 Å². The number of nitrogens with one attached hydrogen (secondary N) is 1. The van der Waals surface area contributed by atoms with Crippen molar-refractivity contribution in [2.45, 2.75) is 25.3 Å². The lowest BCUT2D eigenvalue weighted by molar-refractivity contribution is 0.0540.